The lowest BCUT2D eigenvalue weighted by Crippen LogP contribution is -1.96. The molecule has 0 unspecified atom stereocenters. The summed E-state index contributed by atoms with van der Waals surface area (Å²) in [5.41, 5.74) is 2.49. The zero-order chi connectivity index (χ0) is 9.30. The van der Waals surface area contributed by atoms with E-state index in [1.165, 1.54) is 11.4 Å². The molecular weight excluding hydrogens is 168 g/mol. The van der Waals surface area contributed by atoms with E-state index < -0.39 is 0 Å². The summed E-state index contributed by atoms with van der Waals surface area (Å²) in [6, 6.07) is 0. The van der Waals surface area contributed by atoms with Crippen molar-refractivity contribution in [2.45, 2.75) is 39.5 Å². The quantitative estimate of drug-likeness (QED) is 0.679. The van der Waals surface area contributed by atoms with Gasteiger partial charge in [0.05, 0.1) is 0 Å². The lowest BCUT2D eigenvalue weighted by atomic mass is 10.0. The van der Waals surface area contributed by atoms with Gasteiger partial charge >= 0.3 is 0 Å². The third kappa shape index (κ3) is 1.78. The number of rotatable bonds is 2. The molecule has 0 saturated heterocycles. The molecule has 0 aliphatic carbocycles. The summed E-state index contributed by atoms with van der Waals surface area (Å²) in [6.45, 7) is 8.67. The van der Waals surface area contributed by atoms with Crippen molar-refractivity contribution in [2.24, 2.45) is 0 Å². The highest BCUT2D eigenvalue weighted by atomic mass is 32.1. The first kappa shape index (κ1) is 9.52. The normalized spacial score (nSPS) is 11.5. The van der Waals surface area contributed by atoms with Crippen LogP contribution in [0.25, 0.3) is 0 Å². The molecule has 0 aromatic carbocycles. The van der Waals surface area contributed by atoms with Gasteiger partial charge < -0.3 is 9.97 Å². The molecule has 0 spiro atoms. The topological polar surface area (TPSA) is 31.6 Å². The largest absolute Gasteiger partial charge is 0.334 e. The van der Waals surface area contributed by atoms with Crippen molar-refractivity contribution in [3.8, 4) is 0 Å². The third-order valence-electron chi connectivity index (χ3n) is 1.94. The minimum atomic E-state index is 0.510. The van der Waals surface area contributed by atoms with E-state index >= 15 is 0 Å². The van der Waals surface area contributed by atoms with E-state index in [0.29, 0.717) is 11.8 Å². The fourth-order valence-electron chi connectivity index (χ4n) is 1.32. The Labute approximate surface area is 78.4 Å². The maximum atomic E-state index is 5.05. The number of imidazole rings is 1. The Hall–Kier alpha value is -0.570. The molecule has 0 atom stereocenters. The second-order valence-electron chi connectivity index (χ2n) is 3.72. The number of nitrogens with one attached hydrogen (secondary N) is 2. The molecule has 2 N–H and O–H groups in total. The van der Waals surface area contributed by atoms with Crippen molar-refractivity contribution in [1.82, 2.24) is 9.97 Å². The van der Waals surface area contributed by atoms with Gasteiger partial charge in [-0.25, -0.2) is 0 Å². The van der Waals surface area contributed by atoms with Crippen LogP contribution in [0.1, 0.15) is 50.9 Å². The Morgan fingerprint density at radius 1 is 0.917 bits per heavy atom. The van der Waals surface area contributed by atoms with E-state index in [1.54, 1.807) is 0 Å². The fraction of sp³-hybridized carbons (Fsp3) is 0.667. The molecule has 0 aliphatic rings. The first-order valence-electron chi connectivity index (χ1n) is 4.34. The van der Waals surface area contributed by atoms with Gasteiger partial charge in [0.2, 0.25) is 0 Å². The maximum absolute atomic E-state index is 5.05. The van der Waals surface area contributed by atoms with Gasteiger partial charge in [-0.15, -0.1) is 0 Å². The van der Waals surface area contributed by atoms with Gasteiger partial charge in [-0.1, -0.05) is 27.7 Å². The van der Waals surface area contributed by atoms with E-state index in [2.05, 4.69) is 37.7 Å². The third-order valence-corrected chi connectivity index (χ3v) is 2.15. The molecule has 1 rings (SSSR count). The molecule has 68 valence electrons. The molecule has 1 heterocycles. The van der Waals surface area contributed by atoms with Crippen LogP contribution in [0.15, 0.2) is 0 Å². The monoisotopic (exact) mass is 184 g/mol. The number of aromatic amines is 2. The van der Waals surface area contributed by atoms with Gasteiger partial charge in [-0.3, -0.25) is 0 Å². The predicted molar refractivity (Wildman–Crippen MR) is 54.2 cm³/mol. The van der Waals surface area contributed by atoms with Crippen molar-refractivity contribution in [3.05, 3.63) is 16.2 Å². The Bertz CT molecular complexity index is 278. The molecule has 0 bridgehead atoms. The molecule has 12 heavy (non-hydrogen) atoms. The van der Waals surface area contributed by atoms with Crippen molar-refractivity contribution >= 4 is 12.2 Å². The first-order chi connectivity index (χ1) is 5.52. The van der Waals surface area contributed by atoms with Crippen LogP contribution in [0, 0.1) is 4.77 Å². The summed E-state index contributed by atoms with van der Waals surface area (Å²) >= 11 is 5.05. The first-order valence-corrected chi connectivity index (χ1v) is 4.75. The number of aromatic nitrogens is 2. The predicted octanol–water partition coefficient (Wildman–Crippen LogP) is 3.32. The molecule has 2 nitrogen and oxygen atoms in total. The van der Waals surface area contributed by atoms with Gasteiger partial charge in [-0.05, 0) is 24.1 Å². The van der Waals surface area contributed by atoms with E-state index in [1.807, 2.05) is 0 Å². The molecule has 0 fully saturated rings. The standard InChI is InChI=1S/C9H16N2S/c1-5(2)7-8(6(3)4)11-9(12)10-7/h5-6H,1-4H3,(H2,10,11,12). The van der Waals surface area contributed by atoms with Gasteiger partial charge in [0, 0.05) is 11.4 Å². The van der Waals surface area contributed by atoms with Gasteiger partial charge in [0.25, 0.3) is 0 Å². The maximum Gasteiger partial charge on any atom is 0.174 e. The van der Waals surface area contributed by atoms with E-state index in [9.17, 15) is 0 Å². The molecule has 0 aliphatic heterocycles. The van der Waals surface area contributed by atoms with Crippen LogP contribution < -0.4 is 0 Å². The van der Waals surface area contributed by atoms with E-state index in [0.717, 1.165) is 4.77 Å². The molecule has 0 saturated carbocycles. The molecule has 3 heteroatoms. The minimum absolute atomic E-state index is 0.510. The van der Waals surface area contributed by atoms with Crippen LogP contribution in [-0.4, -0.2) is 9.97 Å². The number of hydrogen-bond donors (Lipinski definition) is 2. The molecular formula is C9H16N2S. The van der Waals surface area contributed by atoms with Crippen LogP contribution in [0.4, 0.5) is 0 Å². The lowest BCUT2D eigenvalue weighted by molar-refractivity contribution is 0.759. The second kappa shape index (κ2) is 3.44. The highest BCUT2D eigenvalue weighted by molar-refractivity contribution is 7.71. The van der Waals surface area contributed by atoms with Gasteiger partial charge in [0.1, 0.15) is 0 Å². The van der Waals surface area contributed by atoms with Crippen LogP contribution in [0.3, 0.4) is 0 Å². The van der Waals surface area contributed by atoms with Crippen molar-refractivity contribution < 1.29 is 0 Å². The SMILES string of the molecule is CC(C)c1[nH]c(=S)[nH]c1C(C)C. The number of H-pyrrole nitrogens is 2. The van der Waals surface area contributed by atoms with Crippen molar-refractivity contribution in [1.29, 1.82) is 0 Å². The lowest BCUT2D eigenvalue weighted by Gasteiger charge is -2.08. The fourth-order valence-corrected chi connectivity index (χ4v) is 1.54. The van der Waals surface area contributed by atoms with Crippen LogP contribution in [-0.2, 0) is 0 Å². The second-order valence-corrected chi connectivity index (χ2v) is 4.12. The zero-order valence-corrected chi connectivity index (χ0v) is 8.88. The van der Waals surface area contributed by atoms with E-state index in [-0.39, 0.29) is 0 Å². The summed E-state index contributed by atoms with van der Waals surface area (Å²) in [5.74, 6) is 1.02. The Kier molecular flexibility index (Phi) is 2.73. The minimum Gasteiger partial charge on any atom is -0.334 e. The Balaban J connectivity index is 3.17. The molecule has 0 amide bonds. The average molecular weight is 184 g/mol. The number of hydrogen-bond acceptors (Lipinski definition) is 1. The summed E-state index contributed by atoms with van der Waals surface area (Å²) in [6.07, 6.45) is 0. The van der Waals surface area contributed by atoms with Crippen molar-refractivity contribution in [2.75, 3.05) is 0 Å². The summed E-state index contributed by atoms with van der Waals surface area (Å²) in [7, 11) is 0. The van der Waals surface area contributed by atoms with Gasteiger partial charge in [-0.2, -0.15) is 0 Å². The van der Waals surface area contributed by atoms with Gasteiger partial charge in [0.15, 0.2) is 4.77 Å². The molecule has 0 radical (unpaired) electrons. The van der Waals surface area contributed by atoms with Crippen LogP contribution >= 0.6 is 12.2 Å². The highest BCUT2D eigenvalue weighted by Gasteiger charge is 2.11. The highest BCUT2D eigenvalue weighted by Crippen LogP contribution is 2.22. The summed E-state index contributed by atoms with van der Waals surface area (Å²) in [5, 5.41) is 0. The zero-order valence-electron chi connectivity index (χ0n) is 8.06. The Morgan fingerprint density at radius 2 is 1.25 bits per heavy atom. The Morgan fingerprint density at radius 3 is 1.50 bits per heavy atom. The van der Waals surface area contributed by atoms with Crippen LogP contribution in [0.5, 0.6) is 0 Å². The summed E-state index contributed by atoms with van der Waals surface area (Å²) in [4.78, 5) is 6.37. The van der Waals surface area contributed by atoms with E-state index in [4.69, 9.17) is 12.2 Å². The summed E-state index contributed by atoms with van der Waals surface area (Å²) < 4.78 is 0.738. The molecule has 1 aromatic rings. The smallest absolute Gasteiger partial charge is 0.174 e. The van der Waals surface area contributed by atoms with Crippen molar-refractivity contribution in [3.63, 3.8) is 0 Å². The average Bonchev–Trinajstić information content (AvgIpc) is 2.31. The molecule has 1 aromatic heterocycles. The van der Waals surface area contributed by atoms with Crippen LogP contribution in [0.2, 0.25) is 0 Å².